The smallest absolute Gasteiger partial charge is 0.203 e. The van der Waals surface area contributed by atoms with Gasteiger partial charge < -0.3 is 4.42 Å². The van der Waals surface area contributed by atoms with E-state index >= 15 is 0 Å². The summed E-state index contributed by atoms with van der Waals surface area (Å²) in [5.74, 6) is 0.714. The third-order valence-corrected chi connectivity index (χ3v) is 4.40. The van der Waals surface area contributed by atoms with E-state index in [1.807, 2.05) is 18.2 Å². The molecule has 100 valence electrons. The Morgan fingerprint density at radius 1 is 1.16 bits per heavy atom. The number of hydrogen-bond donors (Lipinski definition) is 0. The molecule has 0 radical (unpaired) electrons. The van der Waals surface area contributed by atoms with Gasteiger partial charge in [-0.05, 0) is 38.0 Å². The zero-order valence-electron chi connectivity index (χ0n) is 11.7. The molecule has 0 N–H and O–H groups in total. The molecule has 1 saturated carbocycles. The lowest BCUT2D eigenvalue weighted by molar-refractivity contribution is 0.0721. The van der Waals surface area contributed by atoms with Crippen LogP contribution in [-0.4, -0.2) is 5.78 Å². The Hall–Kier alpha value is -1.57. The van der Waals surface area contributed by atoms with Crippen molar-refractivity contribution in [2.45, 2.75) is 46.0 Å². The van der Waals surface area contributed by atoms with Crippen molar-refractivity contribution in [3.63, 3.8) is 0 Å². The highest BCUT2D eigenvalue weighted by atomic mass is 16.3. The third-order valence-electron chi connectivity index (χ3n) is 4.40. The summed E-state index contributed by atoms with van der Waals surface area (Å²) in [5, 5.41) is 1.03. The fourth-order valence-corrected chi connectivity index (χ4v) is 3.13. The highest BCUT2D eigenvalue weighted by molar-refractivity contribution is 6.01. The van der Waals surface area contributed by atoms with Gasteiger partial charge in [0.2, 0.25) is 5.78 Å². The van der Waals surface area contributed by atoms with Gasteiger partial charge >= 0.3 is 0 Å². The third kappa shape index (κ3) is 2.20. The van der Waals surface area contributed by atoms with Crippen LogP contribution in [0, 0.1) is 12.3 Å². The molecule has 0 spiro atoms. The number of carbonyl (C=O) groups excluding carboxylic acids is 1. The van der Waals surface area contributed by atoms with Crippen LogP contribution in [0.5, 0.6) is 0 Å². The summed E-state index contributed by atoms with van der Waals surface area (Å²) < 4.78 is 5.75. The summed E-state index contributed by atoms with van der Waals surface area (Å²) in [5.41, 5.74) is 1.78. The SMILES string of the molecule is Cc1ccc2oc(C(=O)C3(C)CCCCC3)cc2c1. The van der Waals surface area contributed by atoms with E-state index in [1.165, 1.54) is 12.0 Å². The summed E-state index contributed by atoms with van der Waals surface area (Å²) in [4.78, 5) is 12.7. The second-order valence-corrected chi connectivity index (χ2v) is 6.10. The first-order chi connectivity index (χ1) is 9.08. The first-order valence-electron chi connectivity index (χ1n) is 7.13. The van der Waals surface area contributed by atoms with E-state index < -0.39 is 0 Å². The molecule has 0 amide bonds. The minimum Gasteiger partial charge on any atom is -0.453 e. The number of fused-ring (bicyclic) bond motifs is 1. The lowest BCUT2D eigenvalue weighted by atomic mass is 9.72. The van der Waals surface area contributed by atoms with Crippen molar-refractivity contribution in [1.29, 1.82) is 0 Å². The van der Waals surface area contributed by atoms with Crippen LogP contribution in [0.2, 0.25) is 0 Å². The molecule has 0 unspecified atom stereocenters. The Labute approximate surface area is 113 Å². The van der Waals surface area contributed by atoms with Crippen LogP contribution >= 0.6 is 0 Å². The Kier molecular flexibility index (Phi) is 2.96. The molecule has 2 heteroatoms. The van der Waals surface area contributed by atoms with E-state index in [-0.39, 0.29) is 11.2 Å². The lowest BCUT2D eigenvalue weighted by Crippen LogP contribution is -2.29. The Morgan fingerprint density at radius 2 is 1.89 bits per heavy atom. The van der Waals surface area contributed by atoms with E-state index in [1.54, 1.807) is 0 Å². The molecule has 1 aromatic carbocycles. The molecule has 1 aliphatic rings. The van der Waals surface area contributed by atoms with Crippen molar-refractivity contribution in [2.75, 3.05) is 0 Å². The van der Waals surface area contributed by atoms with Crippen LogP contribution in [0.25, 0.3) is 11.0 Å². The highest BCUT2D eigenvalue weighted by Gasteiger charge is 2.36. The van der Waals surface area contributed by atoms with Crippen molar-refractivity contribution in [3.05, 3.63) is 35.6 Å². The number of Topliss-reactive ketones (excluding diaryl/α,β-unsaturated/α-hetero) is 1. The molecule has 1 aliphatic carbocycles. The Balaban J connectivity index is 1.97. The quantitative estimate of drug-likeness (QED) is 0.716. The van der Waals surface area contributed by atoms with Crippen LogP contribution < -0.4 is 0 Å². The molecule has 2 aromatic rings. The predicted octanol–water partition coefficient (Wildman–Crippen LogP) is 4.89. The largest absolute Gasteiger partial charge is 0.453 e. The van der Waals surface area contributed by atoms with Crippen LogP contribution in [0.1, 0.15) is 55.1 Å². The van der Waals surface area contributed by atoms with E-state index in [0.29, 0.717) is 5.76 Å². The maximum atomic E-state index is 12.7. The van der Waals surface area contributed by atoms with Gasteiger partial charge in [-0.25, -0.2) is 0 Å². The van der Waals surface area contributed by atoms with Crippen molar-refractivity contribution in [3.8, 4) is 0 Å². The fraction of sp³-hybridized carbons (Fsp3) is 0.471. The van der Waals surface area contributed by atoms with E-state index in [4.69, 9.17) is 4.42 Å². The average molecular weight is 256 g/mol. The van der Waals surface area contributed by atoms with Gasteiger partial charge in [0.15, 0.2) is 5.76 Å². The number of benzene rings is 1. The van der Waals surface area contributed by atoms with E-state index in [9.17, 15) is 4.79 Å². The zero-order chi connectivity index (χ0) is 13.5. The summed E-state index contributed by atoms with van der Waals surface area (Å²) in [6, 6.07) is 7.94. The van der Waals surface area contributed by atoms with E-state index in [2.05, 4.69) is 19.9 Å². The molecule has 0 aliphatic heterocycles. The molecule has 0 atom stereocenters. The van der Waals surface area contributed by atoms with Gasteiger partial charge in [-0.2, -0.15) is 0 Å². The lowest BCUT2D eigenvalue weighted by Gasteiger charge is -2.30. The second-order valence-electron chi connectivity index (χ2n) is 6.10. The summed E-state index contributed by atoms with van der Waals surface area (Å²) in [6.45, 7) is 4.14. The van der Waals surface area contributed by atoms with Crippen LogP contribution in [0.3, 0.4) is 0 Å². The number of furan rings is 1. The van der Waals surface area contributed by atoms with Gasteiger partial charge in [0.1, 0.15) is 5.58 Å². The minimum atomic E-state index is -0.221. The van der Waals surface area contributed by atoms with Crippen LogP contribution in [0.15, 0.2) is 28.7 Å². The average Bonchev–Trinajstić information content (AvgIpc) is 2.81. The molecular weight excluding hydrogens is 236 g/mol. The standard InChI is InChI=1S/C17H20O2/c1-12-6-7-14-13(10-12)11-15(19-14)16(18)17(2)8-4-3-5-9-17/h6-7,10-11H,3-5,8-9H2,1-2H3. The molecule has 1 fully saturated rings. The number of hydrogen-bond acceptors (Lipinski definition) is 2. The molecule has 1 aromatic heterocycles. The second kappa shape index (κ2) is 4.52. The number of ketones is 1. The fourth-order valence-electron chi connectivity index (χ4n) is 3.13. The van der Waals surface area contributed by atoms with Crippen molar-refractivity contribution in [2.24, 2.45) is 5.41 Å². The molecule has 0 bridgehead atoms. The van der Waals surface area contributed by atoms with Gasteiger partial charge in [-0.3, -0.25) is 4.79 Å². The van der Waals surface area contributed by atoms with Gasteiger partial charge in [0.05, 0.1) is 0 Å². The molecule has 0 saturated heterocycles. The summed E-state index contributed by atoms with van der Waals surface area (Å²) in [7, 11) is 0. The van der Waals surface area contributed by atoms with Crippen LogP contribution in [0.4, 0.5) is 0 Å². The molecule has 19 heavy (non-hydrogen) atoms. The van der Waals surface area contributed by atoms with Gasteiger partial charge in [-0.1, -0.05) is 37.8 Å². The normalized spacial score (nSPS) is 18.6. The Bertz CT molecular complexity index is 615. The maximum Gasteiger partial charge on any atom is 0.203 e. The van der Waals surface area contributed by atoms with Gasteiger partial charge in [0.25, 0.3) is 0 Å². The molecule has 2 nitrogen and oxygen atoms in total. The molecule has 1 heterocycles. The first-order valence-corrected chi connectivity index (χ1v) is 7.13. The highest BCUT2D eigenvalue weighted by Crippen LogP contribution is 2.39. The maximum absolute atomic E-state index is 12.7. The van der Waals surface area contributed by atoms with Crippen molar-refractivity contribution < 1.29 is 9.21 Å². The van der Waals surface area contributed by atoms with Crippen molar-refractivity contribution in [1.82, 2.24) is 0 Å². The van der Waals surface area contributed by atoms with Gasteiger partial charge in [0, 0.05) is 10.8 Å². The summed E-state index contributed by atoms with van der Waals surface area (Å²) in [6.07, 6.45) is 5.54. The number of aryl methyl sites for hydroxylation is 1. The summed E-state index contributed by atoms with van der Waals surface area (Å²) >= 11 is 0. The van der Waals surface area contributed by atoms with E-state index in [0.717, 1.165) is 36.7 Å². The number of rotatable bonds is 2. The monoisotopic (exact) mass is 256 g/mol. The van der Waals surface area contributed by atoms with Gasteiger partial charge in [-0.15, -0.1) is 0 Å². The zero-order valence-corrected chi connectivity index (χ0v) is 11.7. The molecule has 3 rings (SSSR count). The van der Waals surface area contributed by atoms with Crippen molar-refractivity contribution >= 4 is 16.8 Å². The molecular formula is C17H20O2. The van der Waals surface area contributed by atoms with Crippen LogP contribution in [-0.2, 0) is 0 Å². The predicted molar refractivity (Wildman–Crippen MR) is 76.5 cm³/mol. The Morgan fingerprint density at radius 3 is 2.63 bits per heavy atom. The first kappa shape index (κ1) is 12.5. The minimum absolute atomic E-state index is 0.182. The number of carbonyl (C=O) groups is 1. The topological polar surface area (TPSA) is 30.2 Å².